The van der Waals surface area contributed by atoms with E-state index in [9.17, 15) is 13.6 Å². The maximum absolute atomic E-state index is 15.6. The van der Waals surface area contributed by atoms with Gasteiger partial charge in [-0.1, -0.05) is 6.07 Å². The van der Waals surface area contributed by atoms with Gasteiger partial charge in [-0.2, -0.15) is 0 Å². The predicted molar refractivity (Wildman–Crippen MR) is 126 cm³/mol. The summed E-state index contributed by atoms with van der Waals surface area (Å²) in [5.74, 6) is 1.34. The topological polar surface area (TPSA) is 77.7 Å². The van der Waals surface area contributed by atoms with E-state index in [2.05, 4.69) is 15.0 Å². The first kappa shape index (κ1) is 26.4. The maximum Gasteiger partial charge on any atom is 0.272 e. The van der Waals surface area contributed by atoms with Crippen LogP contribution in [0.1, 0.15) is 55.5 Å². The van der Waals surface area contributed by atoms with Gasteiger partial charge in [-0.05, 0) is 55.2 Å². The van der Waals surface area contributed by atoms with Crippen LogP contribution in [0.3, 0.4) is 0 Å². The Labute approximate surface area is 209 Å². The lowest BCUT2D eigenvalue weighted by molar-refractivity contribution is -0.120. The van der Waals surface area contributed by atoms with Gasteiger partial charge in [0.2, 0.25) is 5.88 Å². The largest absolute Gasteiger partial charge is 0.479 e. The van der Waals surface area contributed by atoms with E-state index in [0.717, 1.165) is 30.8 Å². The molecule has 0 saturated heterocycles. The number of halogens is 3. The molecule has 0 spiro atoms. The number of rotatable bonds is 11. The number of carbonyl (C=O) groups is 1. The molecule has 7 nitrogen and oxygen atoms in total. The van der Waals surface area contributed by atoms with Crippen molar-refractivity contribution in [3.05, 3.63) is 35.2 Å². The molecule has 1 aliphatic carbocycles. The molecule has 0 radical (unpaired) electrons. The third-order valence-corrected chi connectivity index (χ3v) is 7.27. The highest BCUT2D eigenvalue weighted by Gasteiger charge is 2.36. The summed E-state index contributed by atoms with van der Waals surface area (Å²) in [5, 5.41) is 3.71. The number of fused-ring (bicyclic) bond motifs is 1. The number of ether oxygens (including phenoxy) is 2. The SMILES string of the molecule is COc1cc(CC(=O)CC2CCC(F)(CCN3CCc4ccc(OCC(F)F)nc4CC3)CC2)on1. The molecular weight excluding hydrogens is 475 g/mol. The summed E-state index contributed by atoms with van der Waals surface area (Å²) in [7, 11) is 1.49. The normalized spacial score (nSPS) is 22.8. The Hall–Kier alpha value is -2.62. The van der Waals surface area contributed by atoms with Crippen molar-refractivity contribution >= 4 is 5.78 Å². The number of nitrogens with zero attached hydrogens (tertiary/aromatic N) is 3. The first-order valence-electron chi connectivity index (χ1n) is 12.6. The van der Waals surface area contributed by atoms with E-state index in [1.807, 2.05) is 6.07 Å². The highest BCUT2D eigenvalue weighted by atomic mass is 19.3. The van der Waals surface area contributed by atoms with Crippen molar-refractivity contribution in [2.45, 2.75) is 69.9 Å². The van der Waals surface area contributed by atoms with Crippen LogP contribution in [0.25, 0.3) is 0 Å². The van der Waals surface area contributed by atoms with Crippen LogP contribution in [0.2, 0.25) is 0 Å². The average Bonchev–Trinajstić information content (AvgIpc) is 3.21. The Morgan fingerprint density at radius 3 is 2.72 bits per heavy atom. The van der Waals surface area contributed by atoms with Crippen molar-refractivity contribution in [1.29, 1.82) is 0 Å². The molecular formula is C26H34F3N3O4. The van der Waals surface area contributed by atoms with E-state index in [1.165, 1.54) is 7.11 Å². The summed E-state index contributed by atoms with van der Waals surface area (Å²) in [4.78, 5) is 19.1. The van der Waals surface area contributed by atoms with Gasteiger partial charge in [0.05, 0.1) is 13.5 Å². The second-order valence-electron chi connectivity index (χ2n) is 9.90. The summed E-state index contributed by atoms with van der Waals surface area (Å²) in [6.07, 6.45) is 2.38. The van der Waals surface area contributed by atoms with Crippen molar-refractivity contribution in [1.82, 2.24) is 15.0 Å². The van der Waals surface area contributed by atoms with E-state index in [-0.39, 0.29) is 24.0 Å². The van der Waals surface area contributed by atoms with E-state index in [1.54, 1.807) is 12.1 Å². The average molecular weight is 510 g/mol. The van der Waals surface area contributed by atoms with Crippen LogP contribution in [0.5, 0.6) is 11.8 Å². The van der Waals surface area contributed by atoms with Crippen molar-refractivity contribution in [3.8, 4) is 11.8 Å². The number of pyridine rings is 1. The zero-order valence-corrected chi connectivity index (χ0v) is 20.7. The van der Waals surface area contributed by atoms with Crippen LogP contribution in [0, 0.1) is 5.92 Å². The predicted octanol–water partition coefficient (Wildman–Crippen LogP) is 4.61. The zero-order chi connectivity index (χ0) is 25.5. The van der Waals surface area contributed by atoms with Crippen LogP contribution in [-0.2, 0) is 24.1 Å². The van der Waals surface area contributed by atoms with Gasteiger partial charge in [0.25, 0.3) is 12.3 Å². The Balaban J connectivity index is 1.19. The molecule has 2 aliphatic rings. The van der Waals surface area contributed by atoms with Gasteiger partial charge in [-0.25, -0.2) is 18.2 Å². The van der Waals surface area contributed by atoms with Gasteiger partial charge >= 0.3 is 0 Å². The molecule has 10 heteroatoms. The number of methoxy groups -OCH3 is 1. The van der Waals surface area contributed by atoms with Crippen molar-refractivity contribution in [2.75, 3.05) is 33.4 Å². The van der Waals surface area contributed by atoms with Crippen molar-refractivity contribution < 1.29 is 32.0 Å². The zero-order valence-electron chi connectivity index (χ0n) is 20.7. The fourth-order valence-corrected chi connectivity index (χ4v) is 5.13. The van der Waals surface area contributed by atoms with Crippen LogP contribution < -0.4 is 9.47 Å². The summed E-state index contributed by atoms with van der Waals surface area (Å²) in [6.45, 7) is 1.56. The second-order valence-corrected chi connectivity index (χ2v) is 9.90. The monoisotopic (exact) mass is 509 g/mol. The number of alkyl halides is 3. The number of carbonyl (C=O) groups excluding carboxylic acids is 1. The lowest BCUT2D eigenvalue weighted by atomic mass is 9.76. The molecule has 198 valence electrons. The minimum Gasteiger partial charge on any atom is -0.479 e. The minimum absolute atomic E-state index is 0.0747. The number of Topliss-reactive ketones (excluding diaryl/α,β-unsaturated/α-hetero) is 1. The quantitative estimate of drug-likeness (QED) is 0.438. The number of ketones is 1. The van der Waals surface area contributed by atoms with Gasteiger partial charge in [0.15, 0.2) is 6.61 Å². The Kier molecular flexibility index (Phi) is 8.87. The lowest BCUT2D eigenvalue weighted by Crippen LogP contribution is -2.36. The molecule has 1 aliphatic heterocycles. The molecule has 1 saturated carbocycles. The molecule has 0 bridgehead atoms. The number of aromatic nitrogens is 2. The van der Waals surface area contributed by atoms with Gasteiger partial charge in [0, 0.05) is 50.3 Å². The standard InChI is InChI=1S/C26H34F3N3O4/c1-34-25-16-21(36-31-25)15-20(33)14-18-4-8-26(29,9-5-18)10-13-32-11-6-19-2-3-24(35-17-23(27)28)30-22(19)7-12-32/h2-3,16,18,23H,4-15,17H2,1H3. The first-order valence-corrected chi connectivity index (χ1v) is 12.6. The molecule has 2 aromatic rings. The summed E-state index contributed by atoms with van der Waals surface area (Å²) < 4.78 is 55.5. The number of hydrogen-bond acceptors (Lipinski definition) is 7. The Morgan fingerprint density at radius 1 is 1.22 bits per heavy atom. The molecule has 2 aromatic heterocycles. The molecule has 4 rings (SSSR count). The number of hydrogen-bond donors (Lipinski definition) is 0. The fourth-order valence-electron chi connectivity index (χ4n) is 5.13. The fraction of sp³-hybridized carbons (Fsp3) is 0.654. The summed E-state index contributed by atoms with van der Waals surface area (Å²) in [5.41, 5.74) is 0.755. The highest BCUT2D eigenvalue weighted by Crippen LogP contribution is 2.39. The first-order chi connectivity index (χ1) is 17.3. The Bertz CT molecular complexity index is 1010. The molecule has 0 aromatic carbocycles. The molecule has 0 unspecified atom stereocenters. The minimum atomic E-state index is -2.53. The van der Waals surface area contributed by atoms with Crippen molar-refractivity contribution in [3.63, 3.8) is 0 Å². The maximum atomic E-state index is 15.6. The smallest absolute Gasteiger partial charge is 0.272 e. The van der Waals surface area contributed by atoms with Crippen LogP contribution >= 0.6 is 0 Å². The van der Waals surface area contributed by atoms with Crippen LogP contribution in [-0.4, -0.2) is 66.3 Å². The van der Waals surface area contributed by atoms with Crippen LogP contribution in [0.15, 0.2) is 22.7 Å². The molecule has 1 fully saturated rings. The molecule has 3 heterocycles. The third-order valence-electron chi connectivity index (χ3n) is 7.27. The Morgan fingerprint density at radius 2 is 2.00 bits per heavy atom. The summed E-state index contributed by atoms with van der Waals surface area (Å²) in [6, 6.07) is 5.15. The third kappa shape index (κ3) is 7.44. The summed E-state index contributed by atoms with van der Waals surface area (Å²) >= 11 is 0. The molecule has 0 N–H and O–H groups in total. The second kappa shape index (κ2) is 12.1. The van der Waals surface area contributed by atoms with E-state index in [4.69, 9.17) is 14.0 Å². The van der Waals surface area contributed by atoms with E-state index in [0.29, 0.717) is 63.1 Å². The van der Waals surface area contributed by atoms with Gasteiger partial charge in [-0.3, -0.25) is 4.79 Å². The van der Waals surface area contributed by atoms with E-state index >= 15 is 4.39 Å². The van der Waals surface area contributed by atoms with Gasteiger partial charge in [-0.15, -0.1) is 0 Å². The molecule has 0 amide bonds. The molecule has 36 heavy (non-hydrogen) atoms. The lowest BCUT2D eigenvalue weighted by Gasteiger charge is -2.35. The van der Waals surface area contributed by atoms with Crippen molar-refractivity contribution in [2.24, 2.45) is 5.92 Å². The van der Waals surface area contributed by atoms with Gasteiger partial charge < -0.3 is 18.9 Å². The highest BCUT2D eigenvalue weighted by molar-refractivity contribution is 5.80. The van der Waals surface area contributed by atoms with Gasteiger partial charge in [0.1, 0.15) is 17.2 Å². The van der Waals surface area contributed by atoms with E-state index < -0.39 is 18.7 Å². The molecule has 0 atom stereocenters. The van der Waals surface area contributed by atoms with Crippen LogP contribution in [0.4, 0.5) is 13.2 Å².